The van der Waals surface area contributed by atoms with Crippen molar-refractivity contribution in [3.05, 3.63) is 75.3 Å². The summed E-state index contributed by atoms with van der Waals surface area (Å²) in [7, 11) is 1.52. The van der Waals surface area contributed by atoms with Crippen molar-refractivity contribution in [2.75, 3.05) is 13.7 Å². The van der Waals surface area contributed by atoms with E-state index in [1.165, 1.54) is 82.3 Å². The fourth-order valence-corrected chi connectivity index (χ4v) is 5.70. The Morgan fingerprint density at radius 1 is 0.833 bits per heavy atom. The van der Waals surface area contributed by atoms with Crippen molar-refractivity contribution in [2.24, 2.45) is 0 Å². The molecule has 3 rings (SSSR count). The number of unbranched alkanes of at least 4 members (excludes halogenated alkanes) is 13. The van der Waals surface area contributed by atoms with E-state index in [0.29, 0.717) is 17.7 Å². The van der Waals surface area contributed by atoms with E-state index in [-0.39, 0.29) is 29.1 Å². The van der Waals surface area contributed by atoms with Gasteiger partial charge in [0.2, 0.25) is 0 Å². The summed E-state index contributed by atoms with van der Waals surface area (Å²) in [6.45, 7) is 2.52. The maximum absolute atomic E-state index is 13.3. The Bertz CT molecular complexity index is 1210. The minimum Gasteiger partial charge on any atom is -0.507 e. The zero-order chi connectivity index (χ0) is 30.3. The van der Waals surface area contributed by atoms with Crippen molar-refractivity contribution < 1.29 is 24.4 Å². The zero-order valence-corrected chi connectivity index (χ0v) is 25.2. The monoisotopic (exact) mass is 578 g/mol. The van der Waals surface area contributed by atoms with Crippen LogP contribution in [-0.4, -0.2) is 40.3 Å². The highest BCUT2D eigenvalue weighted by Gasteiger charge is 2.47. The van der Waals surface area contributed by atoms with E-state index in [4.69, 9.17) is 4.74 Å². The summed E-state index contributed by atoms with van der Waals surface area (Å²) < 4.78 is 5.18. The van der Waals surface area contributed by atoms with Crippen LogP contribution in [0.1, 0.15) is 114 Å². The molecule has 8 heteroatoms. The molecular formula is C34H46N2O6. The minimum atomic E-state index is -1.05. The number of nitrogens with zero attached hydrogens (tertiary/aromatic N) is 2. The molecule has 0 spiro atoms. The van der Waals surface area contributed by atoms with Gasteiger partial charge in [0.15, 0.2) is 0 Å². The number of nitro groups is 1. The molecule has 42 heavy (non-hydrogen) atoms. The number of carbonyl (C=O) groups excluding carboxylic acids is 2. The Hall–Kier alpha value is -3.68. The van der Waals surface area contributed by atoms with E-state index in [0.717, 1.165) is 19.3 Å². The van der Waals surface area contributed by atoms with E-state index < -0.39 is 22.7 Å². The van der Waals surface area contributed by atoms with Gasteiger partial charge in [0.25, 0.3) is 17.4 Å². The molecule has 1 saturated heterocycles. The van der Waals surface area contributed by atoms with E-state index in [1.807, 2.05) is 0 Å². The SMILES string of the molecule is CCCCCCCCCCCCCCCCN1C(=O)C(=O)C(=C(O)c2ccc(OC)cc2)C1c1ccccc1[N+](=O)[O-]. The Labute approximate surface area is 249 Å². The largest absolute Gasteiger partial charge is 0.507 e. The van der Waals surface area contributed by atoms with Crippen LogP contribution in [0, 0.1) is 10.1 Å². The normalized spacial score (nSPS) is 16.2. The average Bonchev–Trinajstić information content (AvgIpc) is 3.25. The predicted octanol–water partition coefficient (Wildman–Crippen LogP) is 8.51. The number of rotatable bonds is 19. The standard InChI is InChI=1S/C34H46N2O6/c1-3-4-5-6-7-8-9-10-11-12-13-14-15-18-25-35-31(28-19-16-17-20-29(28)36(40)41)30(33(38)34(35)39)32(37)26-21-23-27(42-2)24-22-26/h16-17,19-24,31,37H,3-15,18,25H2,1-2H3. The van der Waals surface area contributed by atoms with Gasteiger partial charge >= 0.3 is 0 Å². The first-order valence-electron chi connectivity index (χ1n) is 15.6. The van der Waals surface area contributed by atoms with Gasteiger partial charge < -0.3 is 14.7 Å². The number of aliphatic hydroxyl groups excluding tert-OH is 1. The smallest absolute Gasteiger partial charge is 0.295 e. The number of Topliss-reactive ketones (excluding diaryl/α,β-unsaturated/α-hetero) is 1. The van der Waals surface area contributed by atoms with Gasteiger partial charge in [-0.2, -0.15) is 0 Å². The second-order valence-electron chi connectivity index (χ2n) is 11.1. The molecule has 1 N–H and O–H groups in total. The number of hydrogen-bond donors (Lipinski definition) is 1. The van der Waals surface area contributed by atoms with Crippen molar-refractivity contribution in [1.29, 1.82) is 0 Å². The third kappa shape index (κ3) is 8.91. The van der Waals surface area contributed by atoms with Crippen LogP contribution in [0.4, 0.5) is 5.69 Å². The van der Waals surface area contributed by atoms with Crippen LogP contribution < -0.4 is 4.74 Å². The van der Waals surface area contributed by atoms with Crippen LogP contribution in [0.15, 0.2) is 54.1 Å². The van der Waals surface area contributed by atoms with Gasteiger partial charge in [-0.25, -0.2) is 0 Å². The molecule has 2 aromatic carbocycles. The number of ether oxygens (including phenoxy) is 1. The molecule has 1 unspecified atom stereocenters. The summed E-state index contributed by atoms with van der Waals surface area (Å²) >= 11 is 0. The molecule has 1 aliphatic rings. The van der Waals surface area contributed by atoms with Crippen molar-refractivity contribution in [3.63, 3.8) is 0 Å². The third-order valence-electron chi connectivity index (χ3n) is 8.08. The van der Waals surface area contributed by atoms with Crippen molar-refractivity contribution in [3.8, 4) is 5.75 Å². The number of nitro benzene ring substituents is 1. The predicted molar refractivity (Wildman–Crippen MR) is 165 cm³/mol. The Kier molecular flexibility index (Phi) is 13.5. The van der Waals surface area contributed by atoms with Crippen LogP contribution in [0.3, 0.4) is 0 Å². The number of hydrogen-bond acceptors (Lipinski definition) is 6. The van der Waals surface area contributed by atoms with Crippen LogP contribution in [0.5, 0.6) is 5.75 Å². The molecule has 1 amide bonds. The molecule has 0 bridgehead atoms. The van der Waals surface area contributed by atoms with E-state index >= 15 is 0 Å². The van der Waals surface area contributed by atoms with Crippen molar-refractivity contribution >= 4 is 23.1 Å². The van der Waals surface area contributed by atoms with Gasteiger partial charge in [0.1, 0.15) is 11.5 Å². The van der Waals surface area contributed by atoms with E-state index in [1.54, 1.807) is 42.5 Å². The fraction of sp³-hybridized carbons (Fsp3) is 0.529. The molecule has 0 aliphatic carbocycles. The zero-order valence-electron chi connectivity index (χ0n) is 25.2. The second kappa shape index (κ2) is 17.3. The number of amides is 1. The van der Waals surface area contributed by atoms with Crippen molar-refractivity contribution in [2.45, 2.75) is 103 Å². The number of likely N-dealkylation sites (tertiary alicyclic amines) is 1. The second-order valence-corrected chi connectivity index (χ2v) is 11.1. The Morgan fingerprint density at radius 3 is 1.88 bits per heavy atom. The average molecular weight is 579 g/mol. The summed E-state index contributed by atoms with van der Waals surface area (Å²) in [5.41, 5.74) is 0.205. The maximum Gasteiger partial charge on any atom is 0.295 e. The van der Waals surface area contributed by atoms with Crippen molar-refractivity contribution in [1.82, 2.24) is 4.90 Å². The van der Waals surface area contributed by atoms with E-state index in [9.17, 15) is 24.8 Å². The molecule has 0 saturated carbocycles. The lowest BCUT2D eigenvalue weighted by atomic mass is 9.94. The molecule has 1 aliphatic heterocycles. The molecule has 1 fully saturated rings. The number of ketones is 1. The summed E-state index contributed by atoms with van der Waals surface area (Å²) in [6, 6.07) is 11.5. The Balaban J connectivity index is 1.62. The first-order chi connectivity index (χ1) is 20.4. The van der Waals surface area contributed by atoms with Gasteiger partial charge in [0.05, 0.1) is 29.2 Å². The number of methoxy groups -OCH3 is 1. The summed E-state index contributed by atoms with van der Waals surface area (Å²) in [5, 5.41) is 23.1. The lowest BCUT2D eigenvalue weighted by molar-refractivity contribution is -0.385. The molecule has 0 radical (unpaired) electrons. The highest BCUT2D eigenvalue weighted by molar-refractivity contribution is 6.46. The first-order valence-corrected chi connectivity index (χ1v) is 15.6. The summed E-state index contributed by atoms with van der Waals surface area (Å²) in [6.07, 6.45) is 16.8. The minimum absolute atomic E-state index is 0.134. The van der Waals surface area contributed by atoms with Crippen LogP contribution >= 0.6 is 0 Å². The topological polar surface area (TPSA) is 110 Å². The number of aliphatic hydroxyl groups is 1. The third-order valence-corrected chi connectivity index (χ3v) is 8.08. The molecule has 1 heterocycles. The number of carbonyl (C=O) groups is 2. The highest BCUT2D eigenvalue weighted by atomic mass is 16.6. The van der Waals surface area contributed by atoms with Gasteiger partial charge in [-0.05, 0) is 36.8 Å². The molecule has 2 aromatic rings. The molecule has 0 aromatic heterocycles. The van der Waals surface area contributed by atoms with E-state index in [2.05, 4.69) is 6.92 Å². The molecule has 8 nitrogen and oxygen atoms in total. The van der Waals surface area contributed by atoms with Gasteiger partial charge in [-0.3, -0.25) is 19.7 Å². The molecule has 1 atom stereocenters. The number of para-hydroxylation sites is 1. The van der Waals surface area contributed by atoms with Crippen LogP contribution in [0.2, 0.25) is 0 Å². The summed E-state index contributed by atoms with van der Waals surface area (Å²) in [4.78, 5) is 39.2. The first kappa shape index (κ1) is 32.8. The lowest BCUT2D eigenvalue weighted by Gasteiger charge is -2.25. The van der Waals surface area contributed by atoms with Crippen LogP contribution in [0.25, 0.3) is 5.76 Å². The van der Waals surface area contributed by atoms with Gasteiger partial charge in [0, 0.05) is 18.2 Å². The number of benzene rings is 2. The van der Waals surface area contributed by atoms with Gasteiger partial charge in [-0.1, -0.05) is 103 Å². The molecule has 228 valence electrons. The van der Waals surface area contributed by atoms with Gasteiger partial charge in [-0.15, -0.1) is 0 Å². The molecular weight excluding hydrogens is 532 g/mol. The Morgan fingerprint density at radius 2 is 1.36 bits per heavy atom. The maximum atomic E-state index is 13.3. The van der Waals surface area contributed by atoms with Crippen LogP contribution in [-0.2, 0) is 9.59 Å². The lowest BCUT2D eigenvalue weighted by Crippen LogP contribution is -2.31. The highest BCUT2D eigenvalue weighted by Crippen LogP contribution is 2.42. The quantitative estimate of drug-likeness (QED) is 0.0447. The summed E-state index contributed by atoms with van der Waals surface area (Å²) in [5.74, 6) is -1.37. The fourth-order valence-electron chi connectivity index (χ4n) is 5.70.